The molecule has 5 nitrogen and oxygen atoms in total. The molecule has 130 valence electrons. The van der Waals surface area contributed by atoms with E-state index in [4.69, 9.17) is 9.47 Å². The summed E-state index contributed by atoms with van der Waals surface area (Å²) in [5, 5.41) is 4.12. The van der Waals surface area contributed by atoms with Gasteiger partial charge in [-0.25, -0.2) is 0 Å². The minimum absolute atomic E-state index is 0.0300. The van der Waals surface area contributed by atoms with E-state index in [1.165, 1.54) is 0 Å². The Morgan fingerprint density at radius 2 is 1.76 bits per heavy atom. The van der Waals surface area contributed by atoms with Crippen LogP contribution in [-0.4, -0.2) is 25.1 Å². The predicted molar refractivity (Wildman–Crippen MR) is 98.1 cm³/mol. The summed E-state index contributed by atoms with van der Waals surface area (Å²) in [6, 6.07) is 13.8. The van der Waals surface area contributed by atoms with Crippen LogP contribution in [0.3, 0.4) is 0 Å². The van der Waals surface area contributed by atoms with E-state index in [0.29, 0.717) is 24.5 Å². The summed E-state index contributed by atoms with van der Waals surface area (Å²) in [5.41, 5.74) is 4.20. The van der Waals surface area contributed by atoms with Gasteiger partial charge in [-0.3, -0.25) is 4.79 Å². The van der Waals surface area contributed by atoms with Gasteiger partial charge in [-0.15, -0.1) is 0 Å². The van der Waals surface area contributed by atoms with E-state index >= 15 is 0 Å². The molecule has 0 unspecified atom stereocenters. The van der Waals surface area contributed by atoms with Crippen LogP contribution in [0.15, 0.2) is 42.5 Å². The summed E-state index contributed by atoms with van der Waals surface area (Å²) in [7, 11) is 3.17. The number of carbonyl (C=O) groups excluding carboxylic acids is 1. The third-order valence-corrected chi connectivity index (χ3v) is 4.12. The van der Waals surface area contributed by atoms with E-state index in [0.717, 1.165) is 27.7 Å². The second-order valence-electron chi connectivity index (χ2n) is 6.02. The van der Waals surface area contributed by atoms with Crippen molar-refractivity contribution in [1.82, 2.24) is 10.3 Å². The smallest absolute Gasteiger partial charge is 0.224 e. The Morgan fingerprint density at radius 3 is 2.52 bits per heavy atom. The number of carbonyl (C=O) groups is 1. The van der Waals surface area contributed by atoms with E-state index in [-0.39, 0.29) is 5.91 Å². The molecule has 1 amide bonds. The van der Waals surface area contributed by atoms with E-state index in [9.17, 15) is 4.79 Å². The number of fused-ring (bicyclic) bond motifs is 1. The zero-order chi connectivity index (χ0) is 17.8. The molecule has 0 saturated heterocycles. The number of methoxy groups -OCH3 is 2. The number of aromatic nitrogens is 1. The van der Waals surface area contributed by atoms with Gasteiger partial charge in [-0.1, -0.05) is 12.1 Å². The van der Waals surface area contributed by atoms with E-state index in [1.54, 1.807) is 14.2 Å². The number of hydrogen-bond donors (Lipinski definition) is 2. The molecule has 0 fully saturated rings. The Kier molecular flexibility index (Phi) is 4.93. The van der Waals surface area contributed by atoms with E-state index in [1.807, 2.05) is 37.3 Å². The van der Waals surface area contributed by atoms with E-state index < -0.39 is 0 Å². The average Bonchev–Trinajstić information content (AvgIpc) is 2.99. The first-order chi connectivity index (χ1) is 12.1. The lowest BCUT2D eigenvalue weighted by Crippen LogP contribution is -2.24. The Balaban J connectivity index is 1.62. The highest BCUT2D eigenvalue weighted by Gasteiger charge is 2.08. The molecule has 1 heterocycles. The molecule has 3 rings (SSSR count). The van der Waals surface area contributed by atoms with Gasteiger partial charge in [-0.2, -0.15) is 0 Å². The van der Waals surface area contributed by atoms with Crippen molar-refractivity contribution < 1.29 is 14.3 Å². The quantitative estimate of drug-likeness (QED) is 0.724. The van der Waals surface area contributed by atoms with Crippen LogP contribution in [0.25, 0.3) is 10.9 Å². The lowest BCUT2D eigenvalue weighted by Gasteiger charge is -2.10. The lowest BCUT2D eigenvalue weighted by atomic mass is 10.1. The number of amides is 1. The SMILES string of the molecule is COc1ccc(CC(=O)NCc2ccc3[nH]c(C)cc3c2)cc1OC. The number of H-pyrrole nitrogens is 1. The zero-order valence-electron chi connectivity index (χ0n) is 14.7. The molecule has 2 aromatic carbocycles. The first-order valence-corrected chi connectivity index (χ1v) is 8.15. The van der Waals surface area contributed by atoms with Gasteiger partial charge in [-0.05, 0) is 53.8 Å². The standard InChI is InChI=1S/C20H22N2O3/c1-13-8-16-9-15(4-6-17(16)22-13)12-21-20(23)11-14-5-7-18(24-2)19(10-14)25-3/h4-10,22H,11-12H2,1-3H3,(H,21,23). The van der Waals surface area contributed by atoms with Crippen LogP contribution in [0.4, 0.5) is 0 Å². The Morgan fingerprint density at radius 1 is 1.00 bits per heavy atom. The molecule has 3 aromatic rings. The maximum Gasteiger partial charge on any atom is 0.224 e. The fraction of sp³-hybridized carbons (Fsp3) is 0.250. The number of aromatic amines is 1. The molecule has 0 radical (unpaired) electrons. The van der Waals surface area contributed by atoms with Crippen LogP contribution < -0.4 is 14.8 Å². The first kappa shape index (κ1) is 16.9. The van der Waals surface area contributed by atoms with Gasteiger partial charge in [0, 0.05) is 17.8 Å². The second kappa shape index (κ2) is 7.30. The zero-order valence-corrected chi connectivity index (χ0v) is 14.7. The van der Waals surface area contributed by atoms with E-state index in [2.05, 4.69) is 22.4 Å². The molecule has 0 aliphatic heterocycles. The van der Waals surface area contributed by atoms with Gasteiger partial charge in [0.25, 0.3) is 0 Å². The van der Waals surface area contributed by atoms with Gasteiger partial charge in [0.1, 0.15) is 0 Å². The van der Waals surface area contributed by atoms with Crippen molar-refractivity contribution in [3.05, 3.63) is 59.3 Å². The van der Waals surface area contributed by atoms with Crippen LogP contribution in [0.2, 0.25) is 0 Å². The maximum atomic E-state index is 12.2. The summed E-state index contributed by atoms with van der Waals surface area (Å²) in [6.07, 6.45) is 0.297. The molecule has 0 spiro atoms. The van der Waals surface area contributed by atoms with Crippen LogP contribution in [0, 0.1) is 6.92 Å². The largest absolute Gasteiger partial charge is 0.493 e. The fourth-order valence-corrected chi connectivity index (χ4v) is 2.88. The highest BCUT2D eigenvalue weighted by atomic mass is 16.5. The summed E-state index contributed by atoms with van der Waals surface area (Å²) in [6.45, 7) is 2.54. The maximum absolute atomic E-state index is 12.2. The Bertz CT molecular complexity index is 899. The monoisotopic (exact) mass is 338 g/mol. The van der Waals surface area contributed by atoms with Crippen molar-refractivity contribution in [3.63, 3.8) is 0 Å². The fourth-order valence-electron chi connectivity index (χ4n) is 2.88. The number of aryl methyl sites for hydroxylation is 1. The summed E-state index contributed by atoms with van der Waals surface area (Å²) in [4.78, 5) is 15.5. The van der Waals surface area contributed by atoms with Gasteiger partial charge in [0.05, 0.1) is 20.6 Å². The topological polar surface area (TPSA) is 63.3 Å². The van der Waals surface area contributed by atoms with Crippen LogP contribution in [0.1, 0.15) is 16.8 Å². The molecule has 0 saturated carbocycles. The van der Waals surface area contributed by atoms with Crippen molar-refractivity contribution in [1.29, 1.82) is 0 Å². The minimum Gasteiger partial charge on any atom is -0.493 e. The second-order valence-corrected chi connectivity index (χ2v) is 6.02. The molecule has 2 N–H and O–H groups in total. The molecular formula is C20H22N2O3. The number of rotatable bonds is 6. The number of benzene rings is 2. The predicted octanol–water partition coefficient (Wildman–Crippen LogP) is 3.35. The summed E-state index contributed by atoms with van der Waals surface area (Å²) in [5.74, 6) is 1.25. The van der Waals surface area contributed by atoms with Crippen molar-refractivity contribution in [2.75, 3.05) is 14.2 Å². The van der Waals surface area contributed by atoms with Gasteiger partial charge in [0.2, 0.25) is 5.91 Å². The lowest BCUT2D eigenvalue weighted by molar-refractivity contribution is -0.120. The van der Waals surface area contributed by atoms with Crippen molar-refractivity contribution >= 4 is 16.8 Å². The summed E-state index contributed by atoms with van der Waals surface area (Å²) >= 11 is 0. The van der Waals surface area contributed by atoms with Crippen LogP contribution >= 0.6 is 0 Å². The highest BCUT2D eigenvalue weighted by molar-refractivity contribution is 5.82. The number of hydrogen-bond acceptors (Lipinski definition) is 3. The molecule has 1 aromatic heterocycles. The average molecular weight is 338 g/mol. The minimum atomic E-state index is -0.0300. The molecule has 25 heavy (non-hydrogen) atoms. The first-order valence-electron chi connectivity index (χ1n) is 8.15. The van der Waals surface area contributed by atoms with Crippen LogP contribution in [0.5, 0.6) is 11.5 Å². The normalized spacial score (nSPS) is 10.7. The molecule has 0 bridgehead atoms. The van der Waals surface area contributed by atoms with Crippen molar-refractivity contribution in [2.45, 2.75) is 19.9 Å². The highest BCUT2D eigenvalue weighted by Crippen LogP contribution is 2.27. The molecule has 0 aliphatic rings. The van der Waals surface area contributed by atoms with Gasteiger partial charge >= 0.3 is 0 Å². The third-order valence-electron chi connectivity index (χ3n) is 4.12. The van der Waals surface area contributed by atoms with Gasteiger partial charge in [0.15, 0.2) is 11.5 Å². The molecule has 0 atom stereocenters. The van der Waals surface area contributed by atoms with Crippen molar-refractivity contribution in [2.24, 2.45) is 0 Å². The molecule has 0 aliphatic carbocycles. The Hall–Kier alpha value is -2.95. The summed E-state index contributed by atoms with van der Waals surface area (Å²) < 4.78 is 10.5. The third kappa shape index (κ3) is 3.94. The van der Waals surface area contributed by atoms with Crippen LogP contribution in [-0.2, 0) is 17.8 Å². The van der Waals surface area contributed by atoms with Gasteiger partial charge < -0.3 is 19.8 Å². The van der Waals surface area contributed by atoms with Crippen molar-refractivity contribution in [3.8, 4) is 11.5 Å². The number of ether oxygens (including phenoxy) is 2. The number of nitrogens with one attached hydrogen (secondary N) is 2. The molecule has 5 heteroatoms. The Labute approximate surface area is 147 Å². The molecular weight excluding hydrogens is 316 g/mol.